The topological polar surface area (TPSA) is 62.2 Å². The summed E-state index contributed by atoms with van der Waals surface area (Å²) in [5, 5.41) is 6.59. The van der Waals surface area contributed by atoms with E-state index in [0.29, 0.717) is 12.0 Å². The molecule has 1 aliphatic rings. The van der Waals surface area contributed by atoms with E-state index >= 15 is 0 Å². The fourth-order valence-electron chi connectivity index (χ4n) is 2.50. The van der Waals surface area contributed by atoms with Crippen molar-refractivity contribution in [2.75, 3.05) is 24.7 Å². The molecule has 1 aromatic heterocycles. The van der Waals surface area contributed by atoms with Gasteiger partial charge in [-0.1, -0.05) is 32.1 Å². The second kappa shape index (κ2) is 10.1. The molecule has 0 atom stereocenters. The van der Waals surface area contributed by atoms with Crippen LogP contribution < -0.4 is 10.6 Å². The highest BCUT2D eigenvalue weighted by Gasteiger charge is 2.13. The smallest absolute Gasteiger partial charge is 0.224 e. The number of rotatable bonds is 3. The summed E-state index contributed by atoms with van der Waals surface area (Å²) in [6.07, 6.45) is 11.2. The lowest BCUT2D eigenvalue weighted by Crippen LogP contribution is -2.22. The maximum absolute atomic E-state index is 4.51. The quantitative estimate of drug-likeness (QED) is 0.834. The van der Waals surface area contributed by atoms with E-state index in [0.717, 1.165) is 11.4 Å². The maximum Gasteiger partial charge on any atom is 0.224 e. The van der Waals surface area contributed by atoms with Crippen LogP contribution in [0.4, 0.5) is 11.8 Å². The van der Waals surface area contributed by atoms with E-state index in [9.17, 15) is 0 Å². The van der Waals surface area contributed by atoms with E-state index in [1.807, 2.05) is 13.2 Å². The molecule has 0 spiro atoms. The van der Waals surface area contributed by atoms with Gasteiger partial charge in [0.05, 0.1) is 0 Å². The van der Waals surface area contributed by atoms with E-state index in [4.69, 9.17) is 0 Å². The molecule has 5 heteroatoms. The summed E-state index contributed by atoms with van der Waals surface area (Å²) in [4.78, 5) is 12.0. The predicted molar refractivity (Wildman–Crippen MR) is 91.5 cm³/mol. The van der Waals surface area contributed by atoms with Crippen molar-refractivity contribution in [1.82, 2.24) is 9.97 Å². The van der Waals surface area contributed by atoms with Gasteiger partial charge in [-0.2, -0.15) is 4.98 Å². The first-order valence-electron chi connectivity index (χ1n) is 7.84. The Hall–Kier alpha value is -1.65. The van der Waals surface area contributed by atoms with Gasteiger partial charge in [0.2, 0.25) is 5.95 Å². The summed E-state index contributed by atoms with van der Waals surface area (Å²) < 4.78 is 0. The third kappa shape index (κ3) is 6.56. The fraction of sp³-hybridized carbons (Fsp3) is 0.688. The monoisotopic (exact) mass is 291 g/mol. The van der Waals surface area contributed by atoms with Crippen molar-refractivity contribution >= 4 is 18.5 Å². The first-order valence-corrected chi connectivity index (χ1v) is 7.84. The van der Waals surface area contributed by atoms with Crippen molar-refractivity contribution < 1.29 is 0 Å². The molecular weight excluding hydrogens is 262 g/mol. The van der Waals surface area contributed by atoms with Crippen molar-refractivity contribution in [1.29, 1.82) is 0 Å². The van der Waals surface area contributed by atoms with E-state index in [-0.39, 0.29) is 0 Å². The largest absolute Gasteiger partial charge is 0.367 e. The van der Waals surface area contributed by atoms with Gasteiger partial charge in [0.1, 0.15) is 5.82 Å². The Morgan fingerprint density at radius 3 is 2.33 bits per heavy atom. The van der Waals surface area contributed by atoms with Crippen LogP contribution in [0.25, 0.3) is 0 Å². The Morgan fingerprint density at radius 2 is 1.76 bits per heavy atom. The number of aromatic nitrogens is 2. The van der Waals surface area contributed by atoms with Crippen LogP contribution in [-0.2, 0) is 0 Å². The fourth-order valence-corrected chi connectivity index (χ4v) is 2.50. The average molecular weight is 291 g/mol. The molecule has 0 aliphatic heterocycles. The van der Waals surface area contributed by atoms with Crippen molar-refractivity contribution in [3.05, 3.63) is 11.8 Å². The number of aryl methyl sites for hydroxylation is 1. The van der Waals surface area contributed by atoms with Crippen LogP contribution in [0.2, 0.25) is 0 Å². The van der Waals surface area contributed by atoms with Crippen molar-refractivity contribution in [2.24, 2.45) is 4.99 Å². The van der Waals surface area contributed by atoms with Gasteiger partial charge >= 0.3 is 0 Å². The Bertz CT molecular complexity index is 411. The van der Waals surface area contributed by atoms with E-state index in [1.165, 1.54) is 44.9 Å². The molecule has 0 unspecified atom stereocenters. The summed E-state index contributed by atoms with van der Waals surface area (Å²) in [7, 11) is 3.49. The average Bonchev–Trinajstić information content (AvgIpc) is 2.44. The Balaban J connectivity index is 0.000000677. The van der Waals surface area contributed by atoms with Gasteiger partial charge in [0, 0.05) is 31.9 Å². The first kappa shape index (κ1) is 17.4. The van der Waals surface area contributed by atoms with Gasteiger partial charge in [-0.3, -0.25) is 0 Å². The van der Waals surface area contributed by atoms with Gasteiger partial charge in [-0.15, -0.1) is 0 Å². The zero-order valence-corrected chi connectivity index (χ0v) is 13.7. The highest BCUT2D eigenvalue weighted by molar-refractivity contribution is 5.46. The molecule has 1 saturated carbocycles. The van der Waals surface area contributed by atoms with Crippen LogP contribution in [0.5, 0.6) is 0 Å². The van der Waals surface area contributed by atoms with Gasteiger partial charge < -0.3 is 15.6 Å². The van der Waals surface area contributed by atoms with Crippen LogP contribution in [0.15, 0.2) is 11.2 Å². The van der Waals surface area contributed by atoms with E-state index in [2.05, 4.69) is 39.2 Å². The minimum Gasteiger partial charge on any atom is -0.367 e. The molecule has 1 heterocycles. The van der Waals surface area contributed by atoms with Crippen LogP contribution in [0, 0.1) is 6.92 Å². The lowest BCUT2D eigenvalue weighted by Gasteiger charge is -2.22. The normalized spacial score (nSPS) is 16.0. The SMILES string of the molecule is C=NC.CNc1ncc(C)c(NC2CCCCCCC2)n1. The number of aliphatic imine (C=N–C) groups is 1. The number of nitrogens with one attached hydrogen (secondary N) is 2. The van der Waals surface area contributed by atoms with Crippen molar-refractivity contribution in [3.63, 3.8) is 0 Å². The third-order valence-electron chi connectivity index (χ3n) is 3.64. The highest BCUT2D eigenvalue weighted by atomic mass is 15.1. The molecular formula is C16H29N5. The molecule has 0 bridgehead atoms. The number of nitrogens with zero attached hydrogens (tertiary/aromatic N) is 3. The molecule has 0 saturated heterocycles. The minimum absolute atomic E-state index is 0.573. The highest BCUT2D eigenvalue weighted by Crippen LogP contribution is 2.21. The first-order chi connectivity index (χ1) is 10.2. The second-order valence-corrected chi connectivity index (χ2v) is 5.48. The van der Waals surface area contributed by atoms with Crippen LogP contribution in [-0.4, -0.2) is 36.8 Å². The van der Waals surface area contributed by atoms with Crippen LogP contribution in [0.1, 0.15) is 50.5 Å². The molecule has 1 aromatic rings. The molecule has 0 radical (unpaired) electrons. The molecule has 0 aromatic carbocycles. The van der Waals surface area contributed by atoms with Crippen LogP contribution in [0.3, 0.4) is 0 Å². The molecule has 118 valence electrons. The molecule has 0 amide bonds. The van der Waals surface area contributed by atoms with Gasteiger partial charge in [0.25, 0.3) is 0 Å². The molecule has 5 nitrogen and oxygen atoms in total. The predicted octanol–water partition coefficient (Wildman–Crippen LogP) is 3.67. The Labute approximate surface area is 128 Å². The molecule has 21 heavy (non-hydrogen) atoms. The van der Waals surface area contributed by atoms with E-state index in [1.54, 1.807) is 7.05 Å². The van der Waals surface area contributed by atoms with Gasteiger partial charge in [0.15, 0.2) is 0 Å². The number of hydrogen-bond acceptors (Lipinski definition) is 5. The van der Waals surface area contributed by atoms with E-state index < -0.39 is 0 Å². The second-order valence-electron chi connectivity index (χ2n) is 5.48. The summed E-state index contributed by atoms with van der Waals surface area (Å²) in [5.41, 5.74) is 1.12. The lowest BCUT2D eigenvalue weighted by molar-refractivity contribution is 0.470. The lowest BCUT2D eigenvalue weighted by atomic mass is 9.96. The summed E-state index contributed by atoms with van der Waals surface area (Å²) in [5.74, 6) is 1.67. The van der Waals surface area contributed by atoms with Gasteiger partial charge in [-0.05, 0) is 26.5 Å². The Morgan fingerprint density at radius 1 is 1.19 bits per heavy atom. The summed E-state index contributed by atoms with van der Waals surface area (Å²) in [6.45, 7) is 5.17. The van der Waals surface area contributed by atoms with Gasteiger partial charge in [-0.25, -0.2) is 4.98 Å². The summed E-state index contributed by atoms with van der Waals surface area (Å²) in [6, 6.07) is 0.573. The Kier molecular flexibility index (Phi) is 8.40. The molecule has 1 aliphatic carbocycles. The number of anilines is 2. The molecule has 2 N–H and O–H groups in total. The number of hydrogen-bond donors (Lipinski definition) is 2. The minimum atomic E-state index is 0.573. The summed E-state index contributed by atoms with van der Waals surface area (Å²) >= 11 is 0. The molecule has 1 fully saturated rings. The third-order valence-corrected chi connectivity index (χ3v) is 3.64. The zero-order valence-electron chi connectivity index (χ0n) is 13.7. The molecule has 2 rings (SSSR count). The maximum atomic E-state index is 4.51. The standard InChI is InChI=1S/C14H24N4.C2H5N/c1-11-10-16-14(15-2)18-13(11)17-12-8-6-4-3-5-7-9-12;1-3-2/h10,12H,3-9H2,1-2H3,(H2,15,16,17,18);1H2,2H3. The van der Waals surface area contributed by atoms with Crippen molar-refractivity contribution in [2.45, 2.75) is 57.9 Å². The zero-order chi connectivity index (χ0) is 15.5. The van der Waals surface area contributed by atoms with Crippen LogP contribution >= 0.6 is 0 Å². The van der Waals surface area contributed by atoms with Crippen molar-refractivity contribution in [3.8, 4) is 0 Å².